The molecule has 0 N–H and O–H groups in total. The Bertz CT molecular complexity index is 1210. The zero-order valence-corrected chi connectivity index (χ0v) is 16.7. The highest BCUT2D eigenvalue weighted by Gasteiger charge is 2.17. The van der Waals surface area contributed by atoms with Crippen LogP contribution in [0.25, 0.3) is 28.2 Å². The molecule has 0 aliphatic heterocycles. The molecule has 0 saturated heterocycles. The van der Waals surface area contributed by atoms with Crippen molar-refractivity contribution in [1.29, 1.82) is 0 Å². The van der Waals surface area contributed by atoms with Crippen LogP contribution in [0.2, 0.25) is 10.0 Å². The number of nitrogens with zero attached hydrogens (tertiary/aromatic N) is 1. The lowest BCUT2D eigenvalue weighted by molar-refractivity contribution is 1.04. The standard InChI is InChI=1S/C24H17Cl2NO/c1-16-23(28)15-22(17-7-3-2-4-8-17)27(21-12-6-11-20(26)14-21)24(16)18-9-5-10-19(25)13-18/h2-15H,1H3. The van der Waals surface area contributed by atoms with E-state index in [-0.39, 0.29) is 5.43 Å². The van der Waals surface area contributed by atoms with Gasteiger partial charge in [-0.25, -0.2) is 0 Å². The predicted molar refractivity (Wildman–Crippen MR) is 118 cm³/mol. The molecule has 0 bridgehead atoms. The van der Waals surface area contributed by atoms with E-state index in [9.17, 15) is 4.79 Å². The summed E-state index contributed by atoms with van der Waals surface area (Å²) in [6.45, 7) is 1.84. The van der Waals surface area contributed by atoms with Crippen molar-refractivity contribution >= 4 is 23.2 Å². The highest BCUT2D eigenvalue weighted by Crippen LogP contribution is 2.33. The average molecular weight is 406 g/mol. The van der Waals surface area contributed by atoms with Gasteiger partial charge in [0.1, 0.15) is 0 Å². The van der Waals surface area contributed by atoms with Gasteiger partial charge in [0.25, 0.3) is 0 Å². The first kappa shape index (κ1) is 18.5. The molecular weight excluding hydrogens is 389 g/mol. The van der Waals surface area contributed by atoms with Gasteiger partial charge < -0.3 is 4.57 Å². The van der Waals surface area contributed by atoms with E-state index in [0.717, 1.165) is 28.2 Å². The van der Waals surface area contributed by atoms with E-state index in [1.807, 2.05) is 85.8 Å². The predicted octanol–water partition coefficient (Wildman–Crippen LogP) is 6.79. The summed E-state index contributed by atoms with van der Waals surface area (Å²) in [7, 11) is 0. The molecule has 0 spiro atoms. The van der Waals surface area contributed by atoms with Gasteiger partial charge in [-0.15, -0.1) is 0 Å². The van der Waals surface area contributed by atoms with Gasteiger partial charge in [0.05, 0.1) is 11.4 Å². The van der Waals surface area contributed by atoms with Gasteiger partial charge in [-0.3, -0.25) is 4.79 Å². The summed E-state index contributed by atoms with van der Waals surface area (Å²) >= 11 is 12.6. The van der Waals surface area contributed by atoms with Gasteiger partial charge in [-0.05, 0) is 42.8 Å². The third kappa shape index (κ3) is 3.49. The smallest absolute Gasteiger partial charge is 0.185 e. The Morgan fingerprint density at radius 2 is 1.36 bits per heavy atom. The topological polar surface area (TPSA) is 22.0 Å². The first-order valence-electron chi connectivity index (χ1n) is 8.88. The molecule has 0 radical (unpaired) electrons. The van der Waals surface area contributed by atoms with Crippen molar-refractivity contribution < 1.29 is 0 Å². The fraction of sp³-hybridized carbons (Fsp3) is 0.0417. The Morgan fingerprint density at radius 3 is 2.04 bits per heavy atom. The summed E-state index contributed by atoms with van der Waals surface area (Å²) in [4.78, 5) is 12.9. The molecule has 28 heavy (non-hydrogen) atoms. The Kier molecular flexibility index (Phi) is 5.08. The fourth-order valence-corrected chi connectivity index (χ4v) is 3.76. The Hall–Kier alpha value is -2.81. The first-order chi connectivity index (χ1) is 13.5. The molecule has 4 heteroatoms. The maximum absolute atomic E-state index is 12.9. The van der Waals surface area contributed by atoms with Crippen molar-refractivity contribution in [2.75, 3.05) is 0 Å². The molecule has 138 valence electrons. The zero-order chi connectivity index (χ0) is 19.7. The number of aromatic nitrogens is 1. The minimum Gasteiger partial charge on any atom is -0.309 e. The monoisotopic (exact) mass is 405 g/mol. The summed E-state index contributed by atoms with van der Waals surface area (Å²) in [5.41, 5.74) is 4.94. The lowest BCUT2D eigenvalue weighted by atomic mass is 10.0. The highest BCUT2D eigenvalue weighted by molar-refractivity contribution is 6.31. The summed E-state index contributed by atoms with van der Waals surface area (Å²) in [6, 6.07) is 26.7. The molecule has 0 aliphatic carbocycles. The molecular formula is C24H17Cl2NO. The van der Waals surface area contributed by atoms with Crippen LogP contribution in [0.3, 0.4) is 0 Å². The van der Waals surface area contributed by atoms with E-state index in [1.165, 1.54) is 0 Å². The van der Waals surface area contributed by atoms with E-state index in [4.69, 9.17) is 23.2 Å². The third-order valence-corrected chi connectivity index (χ3v) is 5.16. The van der Waals surface area contributed by atoms with E-state index >= 15 is 0 Å². The molecule has 0 unspecified atom stereocenters. The average Bonchev–Trinajstić information content (AvgIpc) is 2.70. The van der Waals surface area contributed by atoms with Crippen LogP contribution in [0.15, 0.2) is 89.7 Å². The number of rotatable bonds is 3. The molecule has 0 fully saturated rings. The Labute approximate surface area is 173 Å². The van der Waals surface area contributed by atoms with Gasteiger partial charge in [0.2, 0.25) is 0 Å². The second-order valence-electron chi connectivity index (χ2n) is 6.56. The van der Waals surface area contributed by atoms with E-state index in [0.29, 0.717) is 15.6 Å². The maximum Gasteiger partial charge on any atom is 0.185 e. The summed E-state index contributed by atoms with van der Waals surface area (Å²) in [5.74, 6) is 0. The molecule has 4 aromatic rings. The molecule has 0 saturated carbocycles. The number of halogens is 2. The summed E-state index contributed by atoms with van der Waals surface area (Å²) in [6.07, 6.45) is 0. The van der Waals surface area contributed by atoms with Crippen molar-refractivity contribution in [3.63, 3.8) is 0 Å². The fourth-order valence-electron chi connectivity index (χ4n) is 3.39. The molecule has 0 atom stereocenters. The van der Waals surface area contributed by atoms with Gasteiger partial charge in [0, 0.05) is 32.9 Å². The first-order valence-corrected chi connectivity index (χ1v) is 9.64. The van der Waals surface area contributed by atoms with Crippen LogP contribution < -0.4 is 5.43 Å². The van der Waals surface area contributed by atoms with E-state index in [1.54, 1.807) is 6.07 Å². The SMILES string of the molecule is Cc1c(-c2cccc(Cl)c2)n(-c2cccc(Cl)c2)c(-c2ccccc2)cc1=O. The molecule has 1 heterocycles. The maximum atomic E-state index is 12.9. The minimum atomic E-state index is -0.0212. The molecule has 0 aliphatic rings. The second kappa shape index (κ2) is 7.67. The highest BCUT2D eigenvalue weighted by atomic mass is 35.5. The number of pyridine rings is 1. The Morgan fingerprint density at radius 1 is 0.714 bits per heavy atom. The van der Waals surface area contributed by atoms with Crippen LogP contribution in [0.5, 0.6) is 0 Å². The van der Waals surface area contributed by atoms with Crippen LogP contribution in [0.1, 0.15) is 5.56 Å². The van der Waals surface area contributed by atoms with Crippen LogP contribution in [0, 0.1) is 6.92 Å². The quantitative estimate of drug-likeness (QED) is 0.367. The third-order valence-electron chi connectivity index (χ3n) is 4.69. The largest absolute Gasteiger partial charge is 0.309 e. The second-order valence-corrected chi connectivity index (χ2v) is 7.43. The van der Waals surface area contributed by atoms with E-state index < -0.39 is 0 Å². The number of benzene rings is 3. The lowest BCUT2D eigenvalue weighted by Gasteiger charge is -2.22. The van der Waals surface area contributed by atoms with Crippen LogP contribution in [0.4, 0.5) is 0 Å². The van der Waals surface area contributed by atoms with Crippen molar-refractivity contribution in [3.05, 3.63) is 111 Å². The van der Waals surface area contributed by atoms with Crippen molar-refractivity contribution in [3.8, 4) is 28.2 Å². The van der Waals surface area contributed by atoms with Crippen molar-refractivity contribution in [1.82, 2.24) is 4.57 Å². The van der Waals surface area contributed by atoms with Gasteiger partial charge in [0.15, 0.2) is 5.43 Å². The van der Waals surface area contributed by atoms with E-state index in [2.05, 4.69) is 4.57 Å². The zero-order valence-electron chi connectivity index (χ0n) is 15.2. The van der Waals surface area contributed by atoms with Gasteiger partial charge >= 0.3 is 0 Å². The Balaban J connectivity index is 2.15. The van der Waals surface area contributed by atoms with Crippen molar-refractivity contribution in [2.45, 2.75) is 6.92 Å². The molecule has 4 rings (SSSR count). The number of hydrogen-bond donors (Lipinski definition) is 0. The molecule has 0 amide bonds. The summed E-state index contributed by atoms with van der Waals surface area (Å²) < 4.78 is 2.07. The normalized spacial score (nSPS) is 10.8. The molecule has 2 nitrogen and oxygen atoms in total. The van der Waals surface area contributed by atoms with Crippen LogP contribution in [-0.4, -0.2) is 4.57 Å². The minimum absolute atomic E-state index is 0.0212. The molecule has 3 aromatic carbocycles. The number of hydrogen-bond acceptors (Lipinski definition) is 1. The van der Waals surface area contributed by atoms with Crippen molar-refractivity contribution in [2.24, 2.45) is 0 Å². The van der Waals surface area contributed by atoms with Gasteiger partial charge in [-0.2, -0.15) is 0 Å². The summed E-state index contributed by atoms with van der Waals surface area (Å²) in [5, 5.41) is 1.25. The van der Waals surface area contributed by atoms with Crippen LogP contribution in [-0.2, 0) is 0 Å². The van der Waals surface area contributed by atoms with Crippen LogP contribution >= 0.6 is 23.2 Å². The lowest BCUT2D eigenvalue weighted by Crippen LogP contribution is -2.15. The van der Waals surface area contributed by atoms with Gasteiger partial charge in [-0.1, -0.05) is 71.7 Å². The molecule has 1 aromatic heterocycles.